The molecule has 0 radical (unpaired) electrons. The van der Waals surface area contributed by atoms with Gasteiger partial charge in [0.2, 0.25) is 0 Å². The molecule has 0 atom stereocenters. The van der Waals surface area contributed by atoms with Crippen LogP contribution in [0.15, 0.2) is 224 Å². The zero-order chi connectivity index (χ0) is 40.5. The van der Waals surface area contributed by atoms with Crippen LogP contribution >= 0.6 is 7.14 Å². The van der Waals surface area contributed by atoms with Crippen molar-refractivity contribution in [2.45, 2.75) is 5.41 Å². The highest BCUT2D eigenvalue weighted by molar-refractivity contribution is 7.85. The highest BCUT2D eigenvalue weighted by Crippen LogP contribution is 2.64. The summed E-state index contributed by atoms with van der Waals surface area (Å²) in [6.07, 6.45) is 0. The zero-order valence-corrected chi connectivity index (χ0v) is 34.0. The predicted octanol–water partition coefficient (Wildman–Crippen LogP) is 12.6. The van der Waals surface area contributed by atoms with Crippen LogP contribution < -0.4 is 15.9 Å². The largest absolute Gasteiger partial charge is 0.309 e. The molecule has 9 aromatic carbocycles. The summed E-state index contributed by atoms with van der Waals surface area (Å²) in [6, 6.07) is 78.1. The van der Waals surface area contributed by atoms with Crippen molar-refractivity contribution >= 4 is 33.8 Å². The SMILES string of the molecule is O=P(c1ccccc1)(c1ccccc1)c1ccc(-c2ccc(-c3nc4c(c(-c5cccc6ccccc56)n3)C3(c5ccccc5-c5ccccc53)c3ccccc3-4)cc2)cc1. The predicted molar refractivity (Wildman–Crippen MR) is 252 cm³/mol. The lowest BCUT2D eigenvalue weighted by Gasteiger charge is -2.31. The standard InChI is InChI=1S/C57H37N2OP/c60-61(42-18-3-1-4-19-42,43-20-5-2-6-21-43)44-36-34-39(35-37-44)38-30-32-41(33-31-38)56-58-54(48-26-15-17-40-16-7-8-22-45(40)48)53-55(59-56)49-25-11-14-29-52(49)57(53)50-27-12-9-23-46(50)47-24-10-13-28-51(47)57/h1-37H. The molecule has 0 bridgehead atoms. The van der Waals surface area contributed by atoms with Gasteiger partial charge < -0.3 is 4.57 Å². The van der Waals surface area contributed by atoms with Gasteiger partial charge in [0.25, 0.3) is 0 Å². The number of hydrogen-bond acceptors (Lipinski definition) is 3. The fourth-order valence-corrected chi connectivity index (χ4v) is 12.8. The Hall–Kier alpha value is -7.45. The summed E-state index contributed by atoms with van der Waals surface area (Å²) >= 11 is 0. The van der Waals surface area contributed by atoms with Crippen LogP contribution in [0.1, 0.15) is 22.3 Å². The quantitative estimate of drug-likeness (QED) is 0.157. The van der Waals surface area contributed by atoms with E-state index in [2.05, 4.69) is 152 Å². The molecule has 0 saturated carbocycles. The first kappa shape index (κ1) is 35.5. The second-order valence-corrected chi connectivity index (χ2v) is 18.7. The molecule has 4 heteroatoms. The van der Waals surface area contributed by atoms with Crippen LogP contribution in [0.5, 0.6) is 0 Å². The van der Waals surface area contributed by atoms with Crippen LogP contribution in [0.25, 0.3) is 66.9 Å². The molecule has 0 saturated heterocycles. The maximum Gasteiger partial charge on any atom is 0.171 e. The number of nitrogens with zero attached hydrogens (tertiary/aromatic N) is 2. The van der Waals surface area contributed by atoms with E-state index in [0.717, 1.165) is 66.1 Å². The van der Waals surface area contributed by atoms with Crippen LogP contribution in [-0.2, 0) is 9.98 Å². The molecule has 2 aliphatic carbocycles. The number of rotatable bonds is 6. The average molecular weight is 797 g/mol. The van der Waals surface area contributed by atoms with Crippen molar-refractivity contribution < 1.29 is 4.57 Å². The van der Waals surface area contributed by atoms with E-state index in [9.17, 15) is 0 Å². The smallest absolute Gasteiger partial charge is 0.171 e. The second kappa shape index (κ2) is 13.8. The normalized spacial score (nSPS) is 13.1. The summed E-state index contributed by atoms with van der Waals surface area (Å²) < 4.78 is 15.0. The summed E-state index contributed by atoms with van der Waals surface area (Å²) in [5.41, 5.74) is 14.0. The minimum atomic E-state index is -3.07. The second-order valence-electron chi connectivity index (χ2n) is 15.9. The summed E-state index contributed by atoms with van der Waals surface area (Å²) in [4.78, 5) is 11.2. The number of aromatic nitrogens is 2. The highest BCUT2D eigenvalue weighted by Gasteiger charge is 2.54. The lowest BCUT2D eigenvalue weighted by Crippen LogP contribution is -2.27. The van der Waals surface area contributed by atoms with Crippen LogP contribution in [-0.4, -0.2) is 9.97 Å². The Balaban J connectivity index is 1.02. The van der Waals surface area contributed by atoms with Gasteiger partial charge in [0, 0.05) is 38.2 Å². The zero-order valence-electron chi connectivity index (χ0n) is 33.1. The third-order valence-electron chi connectivity index (χ3n) is 12.8. The van der Waals surface area contributed by atoms with Gasteiger partial charge in [0.15, 0.2) is 13.0 Å². The molecule has 3 nitrogen and oxygen atoms in total. The van der Waals surface area contributed by atoms with Crippen molar-refractivity contribution in [3.05, 3.63) is 247 Å². The van der Waals surface area contributed by atoms with E-state index >= 15 is 4.57 Å². The fourth-order valence-electron chi connectivity index (χ4n) is 10.1. The van der Waals surface area contributed by atoms with Gasteiger partial charge in [-0.25, -0.2) is 9.97 Å². The van der Waals surface area contributed by atoms with Gasteiger partial charge in [-0.1, -0.05) is 224 Å². The molecule has 1 spiro atoms. The van der Waals surface area contributed by atoms with Gasteiger partial charge in [0.1, 0.15) is 0 Å². The highest BCUT2D eigenvalue weighted by atomic mass is 31.2. The van der Waals surface area contributed by atoms with E-state index < -0.39 is 12.6 Å². The summed E-state index contributed by atoms with van der Waals surface area (Å²) in [7, 11) is -3.07. The lowest BCUT2D eigenvalue weighted by molar-refractivity contribution is 0.592. The van der Waals surface area contributed by atoms with Gasteiger partial charge in [-0.3, -0.25) is 0 Å². The maximum absolute atomic E-state index is 15.0. The fraction of sp³-hybridized carbons (Fsp3) is 0.0175. The summed E-state index contributed by atoms with van der Waals surface area (Å²) in [6.45, 7) is 0. The monoisotopic (exact) mass is 796 g/mol. The first-order valence-electron chi connectivity index (χ1n) is 20.8. The van der Waals surface area contributed by atoms with E-state index in [-0.39, 0.29) is 0 Å². The minimum Gasteiger partial charge on any atom is -0.309 e. The van der Waals surface area contributed by atoms with Crippen molar-refractivity contribution in [1.82, 2.24) is 9.97 Å². The van der Waals surface area contributed by atoms with Crippen LogP contribution in [0.3, 0.4) is 0 Å². The lowest BCUT2D eigenvalue weighted by atomic mass is 9.69. The first-order chi connectivity index (χ1) is 30.1. The molecule has 0 fully saturated rings. The van der Waals surface area contributed by atoms with Crippen molar-refractivity contribution in [3.63, 3.8) is 0 Å². The maximum atomic E-state index is 15.0. The van der Waals surface area contributed by atoms with Gasteiger partial charge in [0.05, 0.1) is 16.8 Å². The number of fused-ring (bicyclic) bond motifs is 11. The Bertz CT molecular complexity index is 3280. The van der Waals surface area contributed by atoms with Gasteiger partial charge in [-0.15, -0.1) is 0 Å². The van der Waals surface area contributed by atoms with Crippen LogP contribution in [0, 0.1) is 0 Å². The molecule has 0 unspecified atom stereocenters. The van der Waals surface area contributed by atoms with Crippen molar-refractivity contribution in [1.29, 1.82) is 0 Å². The first-order valence-corrected chi connectivity index (χ1v) is 22.5. The van der Waals surface area contributed by atoms with E-state index in [1.165, 1.54) is 33.2 Å². The van der Waals surface area contributed by atoms with Crippen molar-refractivity contribution in [2.24, 2.45) is 0 Å². The van der Waals surface area contributed by atoms with Crippen molar-refractivity contribution in [2.75, 3.05) is 0 Å². The van der Waals surface area contributed by atoms with E-state index in [0.29, 0.717) is 5.82 Å². The Morgan fingerprint density at radius 2 is 0.754 bits per heavy atom. The van der Waals surface area contributed by atoms with Gasteiger partial charge in [-0.2, -0.15) is 0 Å². The molecule has 12 rings (SSSR count). The Kier molecular flexibility index (Phi) is 8.04. The molecule has 0 amide bonds. The Morgan fingerprint density at radius 3 is 1.36 bits per heavy atom. The molecule has 1 aromatic heterocycles. The topological polar surface area (TPSA) is 42.9 Å². The molecule has 0 N–H and O–H groups in total. The molecule has 286 valence electrons. The molecule has 0 aliphatic heterocycles. The Morgan fingerprint density at radius 1 is 0.344 bits per heavy atom. The summed E-state index contributed by atoms with van der Waals surface area (Å²) in [5.74, 6) is 0.682. The third-order valence-corrected chi connectivity index (χ3v) is 15.9. The molecule has 1 heterocycles. The third kappa shape index (κ3) is 5.21. The molecular weight excluding hydrogens is 760 g/mol. The summed E-state index contributed by atoms with van der Waals surface area (Å²) in [5, 5.41) is 4.79. The average Bonchev–Trinajstić information content (AvgIpc) is 3.81. The number of benzene rings is 9. The molecule has 61 heavy (non-hydrogen) atoms. The molecular formula is C57H37N2OP. The van der Waals surface area contributed by atoms with Gasteiger partial charge >= 0.3 is 0 Å². The van der Waals surface area contributed by atoms with E-state index in [4.69, 9.17) is 9.97 Å². The Labute approximate surface area is 355 Å². The van der Waals surface area contributed by atoms with Crippen LogP contribution in [0.2, 0.25) is 0 Å². The van der Waals surface area contributed by atoms with Crippen LogP contribution in [0.4, 0.5) is 0 Å². The molecule has 2 aliphatic rings. The van der Waals surface area contributed by atoms with Gasteiger partial charge in [-0.05, 0) is 49.7 Å². The van der Waals surface area contributed by atoms with Crippen molar-refractivity contribution in [3.8, 4) is 56.2 Å². The minimum absolute atomic E-state index is 0.592. The van der Waals surface area contributed by atoms with E-state index in [1.54, 1.807) is 0 Å². The van der Waals surface area contributed by atoms with E-state index in [1.807, 2.05) is 72.8 Å². The number of hydrogen-bond donors (Lipinski definition) is 0. The molecule has 10 aromatic rings.